The number of nitrogens with zero attached hydrogens (tertiary/aromatic N) is 1. The Bertz CT molecular complexity index is 465. The number of aromatic nitrogens is 2. The molecular weight excluding hydrogens is 183 g/mol. The first-order valence-corrected chi connectivity index (χ1v) is 4.06. The minimum Gasteiger partial charge on any atom is -0.344 e. The zero-order chi connectivity index (χ0) is 9.97. The molecule has 1 heterocycles. The topological polar surface area (TPSA) is 45.8 Å². The molecule has 3 nitrogen and oxygen atoms in total. The number of benzene rings is 1. The molecule has 0 spiro atoms. The standard InChI is InChI=1S/C10H7FN2O/c11-8-3-1-2-7(4-8)10-12-5-9(6-14)13-10/h1-6H,(H,12,13). The van der Waals surface area contributed by atoms with Gasteiger partial charge < -0.3 is 4.98 Å². The van der Waals surface area contributed by atoms with Crippen LogP contribution >= 0.6 is 0 Å². The van der Waals surface area contributed by atoms with Gasteiger partial charge in [0.1, 0.15) is 17.3 Å². The molecule has 2 rings (SSSR count). The van der Waals surface area contributed by atoms with Gasteiger partial charge in [0.15, 0.2) is 6.29 Å². The van der Waals surface area contributed by atoms with Crippen LogP contribution in [0.3, 0.4) is 0 Å². The minimum atomic E-state index is -0.327. The number of carbonyl (C=O) groups excluding carboxylic acids is 1. The maximum atomic E-state index is 12.8. The number of aromatic amines is 1. The summed E-state index contributed by atoms with van der Waals surface area (Å²) >= 11 is 0. The van der Waals surface area contributed by atoms with E-state index in [1.54, 1.807) is 12.1 Å². The Kier molecular flexibility index (Phi) is 2.10. The van der Waals surface area contributed by atoms with Crippen LogP contribution < -0.4 is 0 Å². The van der Waals surface area contributed by atoms with E-state index in [9.17, 15) is 9.18 Å². The highest BCUT2D eigenvalue weighted by molar-refractivity contribution is 5.73. The van der Waals surface area contributed by atoms with Gasteiger partial charge in [-0.15, -0.1) is 0 Å². The SMILES string of the molecule is O=Cc1c[nH]c(-c2cccc(F)c2)n1. The largest absolute Gasteiger partial charge is 0.344 e. The molecule has 0 saturated carbocycles. The van der Waals surface area contributed by atoms with Gasteiger partial charge in [-0.25, -0.2) is 9.37 Å². The first kappa shape index (κ1) is 8.62. The monoisotopic (exact) mass is 190 g/mol. The van der Waals surface area contributed by atoms with Crippen LogP contribution in [0.25, 0.3) is 11.4 Å². The molecule has 1 aromatic heterocycles. The third-order valence-electron chi connectivity index (χ3n) is 1.82. The molecule has 1 N–H and O–H groups in total. The van der Waals surface area contributed by atoms with Crippen LogP contribution in [-0.2, 0) is 0 Å². The Hall–Kier alpha value is -1.97. The molecule has 2 aromatic rings. The fourth-order valence-corrected chi connectivity index (χ4v) is 1.18. The van der Waals surface area contributed by atoms with Crippen LogP contribution in [0.2, 0.25) is 0 Å². The first-order valence-electron chi connectivity index (χ1n) is 4.06. The lowest BCUT2D eigenvalue weighted by molar-refractivity contribution is 0.111. The van der Waals surface area contributed by atoms with Gasteiger partial charge in [-0.3, -0.25) is 4.79 Å². The van der Waals surface area contributed by atoms with E-state index in [1.165, 1.54) is 18.3 Å². The van der Waals surface area contributed by atoms with Crippen molar-refractivity contribution in [1.29, 1.82) is 0 Å². The molecule has 0 aliphatic rings. The van der Waals surface area contributed by atoms with Crippen molar-refractivity contribution in [1.82, 2.24) is 9.97 Å². The van der Waals surface area contributed by atoms with Crippen molar-refractivity contribution in [2.45, 2.75) is 0 Å². The maximum Gasteiger partial charge on any atom is 0.170 e. The second-order valence-electron chi connectivity index (χ2n) is 2.80. The molecular formula is C10H7FN2O. The zero-order valence-electron chi connectivity index (χ0n) is 7.20. The van der Waals surface area contributed by atoms with Crippen LogP contribution in [0.5, 0.6) is 0 Å². The van der Waals surface area contributed by atoms with Gasteiger partial charge in [-0.1, -0.05) is 12.1 Å². The summed E-state index contributed by atoms with van der Waals surface area (Å²) in [6, 6.07) is 6.02. The normalized spacial score (nSPS) is 10.1. The molecule has 14 heavy (non-hydrogen) atoms. The van der Waals surface area contributed by atoms with Crippen LogP contribution in [0.15, 0.2) is 30.5 Å². The van der Waals surface area contributed by atoms with Gasteiger partial charge in [0.25, 0.3) is 0 Å². The maximum absolute atomic E-state index is 12.8. The number of rotatable bonds is 2. The van der Waals surface area contributed by atoms with Crippen molar-refractivity contribution < 1.29 is 9.18 Å². The third kappa shape index (κ3) is 1.54. The van der Waals surface area contributed by atoms with E-state index < -0.39 is 0 Å². The fourth-order valence-electron chi connectivity index (χ4n) is 1.18. The van der Waals surface area contributed by atoms with E-state index >= 15 is 0 Å². The number of H-pyrrole nitrogens is 1. The lowest BCUT2D eigenvalue weighted by Gasteiger charge is -1.95. The number of halogens is 1. The molecule has 0 amide bonds. The average molecular weight is 190 g/mol. The van der Waals surface area contributed by atoms with Crippen molar-refractivity contribution in [2.75, 3.05) is 0 Å². The van der Waals surface area contributed by atoms with E-state index in [0.717, 1.165) is 0 Å². The molecule has 4 heteroatoms. The highest BCUT2D eigenvalue weighted by Gasteiger charge is 2.03. The Morgan fingerprint density at radius 3 is 2.93 bits per heavy atom. The van der Waals surface area contributed by atoms with Gasteiger partial charge in [0.2, 0.25) is 0 Å². The summed E-state index contributed by atoms with van der Waals surface area (Å²) in [7, 11) is 0. The number of hydrogen-bond acceptors (Lipinski definition) is 2. The minimum absolute atomic E-state index is 0.310. The summed E-state index contributed by atoms with van der Waals surface area (Å²) in [6.45, 7) is 0. The summed E-state index contributed by atoms with van der Waals surface area (Å²) in [5, 5.41) is 0. The van der Waals surface area contributed by atoms with Gasteiger partial charge >= 0.3 is 0 Å². The molecule has 0 aliphatic heterocycles. The third-order valence-corrected chi connectivity index (χ3v) is 1.82. The molecule has 1 aromatic carbocycles. The molecule has 0 saturated heterocycles. The first-order chi connectivity index (χ1) is 6.79. The summed E-state index contributed by atoms with van der Waals surface area (Å²) in [5.74, 6) is 0.165. The second-order valence-corrected chi connectivity index (χ2v) is 2.80. The lowest BCUT2D eigenvalue weighted by atomic mass is 10.2. The summed E-state index contributed by atoms with van der Waals surface area (Å²) in [6.07, 6.45) is 2.12. The summed E-state index contributed by atoms with van der Waals surface area (Å²) in [5.41, 5.74) is 0.933. The van der Waals surface area contributed by atoms with Crippen molar-refractivity contribution in [3.05, 3.63) is 42.0 Å². The number of hydrogen-bond donors (Lipinski definition) is 1. The van der Waals surface area contributed by atoms with Crippen molar-refractivity contribution in [3.63, 3.8) is 0 Å². The Labute approximate surface area is 79.6 Å². The predicted octanol–water partition coefficient (Wildman–Crippen LogP) is 2.03. The predicted molar refractivity (Wildman–Crippen MR) is 49.4 cm³/mol. The van der Waals surface area contributed by atoms with Crippen molar-refractivity contribution in [2.24, 2.45) is 0 Å². The smallest absolute Gasteiger partial charge is 0.170 e. The van der Waals surface area contributed by atoms with E-state index in [0.29, 0.717) is 23.4 Å². The van der Waals surface area contributed by atoms with Crippen LogP contribution in [0.4, 0.5) is 4.39 Å². The molecule has 0 bridgehead atoms. The van der Waals surface area contributed by atoms with Gasteiger partial charge in [0.05, 0.1) is 0 Å². The Morgan fingerprint density at radius 1 is 1.43 bits per heavy atom. The summed E-state index contributed by atoms with van der Waals surface area (Å²) in [4.78, 5) is 17.1. The van der Waals surface area contributed by atoms with E-state index in [2.05, 4.69) is 9.97 Å². The second kappa shape index (κ2) is 3.41. The number of aldehydes is 1. The Morgan fingerprint density at radius 2 is 2.29 bits per heavy atom. The zero-order valence-corrected chi connectivity index (χ0v) is 7.20. The average Bonchev–Trinajstić information content (AvgIpc) is 2.66. The van der Waals surface area contributed by atoms with E-state index in [1.807, 2.05) is 0 Å². The molecule has 0 radical (unpaired) electrons. The molecule has 70 valence electrons. The molecule has 0 atom stereocenters. The highest BCUT2D eigenvalue weighted by atomic mass is 19.1. The van der Waals surface area contributed by atoms with Crippen LogP contribution in [0.1, 0.15) is 10.5 Å². The lowest BCUT2D eigenvalue weighted by Crippen LogP contribution is -1.83. The molecule has 0 fully saturated rings. The highest BCUT2D eigenvalue weighted by Crippen LogP contribution is 2.15. The fraction of sp³-hybridized carbons (Fsp3) is 0. The van der Waals surface area contributed by atoms with E-state index in [4.69, 9.17) is 0 Å². The number of nitrogens with one attached hydrogen (secondary N) is 1. The number of imidazole rings is 1. The summed E-state index contributed by atoms with van der Waals surface area (Å²) < 4.78 is 12.8. The van der Waals surface area contributed by atoms with Gasteiger partial charge in [-0.05, 0) is 12.1 Å². The van der Waals surface area contributed by atoms with Crippen LogP contribution in [0, 0.1) is 5.82 Å². The van der Waals surface area contributed by atoms with Crippen molar-refractivity contribution in [3.8, 4) is 11.4 Å². The van der Waals surface area contributed by atoms with Crippen molar-refractivity contribution >= 4 is 6.29 Å². The molecule has 0 unspecified atom stereocenters. The van der Waals surface area contributed by atoms with Gasteiger partial charge in [-0.2, -0.15) is 0 Å². The number of carbonyl (C=O) groups is 1. The van der Waals surface area contributed by atoms with Crippen LogP contribution in [-0.4, -0.2) is 16.3 Å². The van der Waals surface area contributed by atoms with E-state index in [-0.39, 0.29) is 5.82 Å². The quantitative estimate of drug-likeness (QED) is 0.736. The Balaban J connectivity index is 2.43. The molecule has 0 aliphatic carbocycles. The van der Waals surface area contributed by atoms with Gasteiger partial charge in [0, 0.05) is 11.8 Å².